The summed E-state index contributed by atoms with van der Waals surface area (Å²) in [7, 11) is 1.91. The molecule has 1 aliphatic rings. The van der Waals surface area contributed by atoms with Crippen molar-refractivity contribution in [3.63, 3.8) is 0 Å². The third-order valence-corrected chi connectivity index (χ3v) is 5.32. The first kappa shape index (κ1) is 15.6. The first-order valence-electron chi connectivity index (χ1n) is 8.79. The zero-order valence-corrected chi connectivity index (χ0v) is 15.2. The van der Waals surface area contributed by atoms with Gasteiger partial charge in [0, 0.05) is 30.1 Å². The van der Waals surface area contributed by atoms with Crippen LogP contribution < -0.4 is 0 Å². The van der Waals surface area contributed by atoms with E-state index >= 15 is 0 Å². The lowest BCUT2D eigenvalue weighted by Crippen LogP contribution is -2.02. The summed E-state index contributed by atoms with van der Waals surface area (Å²) in [5.74, 6) is 0.561. The summed E-state index contributed by atoms with van der Waals surface area (Å²) >= 11 is 6.51. The molecule has 0 radical (unpaired) electrons. The first-order chi connectivity index (χ1) is 12.7. The van der Waals surface area contributed by atoms with E-state index in [2.05, 4.69) is 33.1 Å². The van der Waals surface area contributed by atoms with E-state index in [1.54, 1.807) is 4.68 Å². The number of aryl methyl sites for hydroxylation is 1. The highest BCUT2D eigenvalue weighted by molar-refractivity contribution is 6.33. The Morgan fingerprint density at radius 2 is 2.00 bits per heavy atom. The molecule has 1 saturated carbocycles. The van der Waals surface area contributed by atoms with Crippen LogP contribution in [0.15, 0.2) is 48.8 Å². The number of rotatable bonds is 4. The van der Waals surface area contributed by atoms with Gasteiger partial charge in [0.2, 0.25) is 0 Å². The van der Waals surface area contributed by atoms with Crippen LogP contribution in [-0.2, 0) is 13.6 Å². The monoisotopic (exact) mass is 363 g/mol. The van der Waals surface area contributed by atoms with Gasteiger partial charge in [-0.15, -0.1) is 5.10 Å². The number of imidazole rings is 1. The zero-order chi connectivity index (χ0) is 17.7. The Morgan fingerprint density at radius 3 is 2.81 bits per heavy atom. The van der Waals surface area contributed by atoms with Crippen LogP contribution in [0.2, 0.25) is 5.02 Å². The smallest absolute Gasteiger partial charge is 0.113 e. The van der Waals surface area contributed by atoms with Gasteiger partial charge in [0.1, 0.15) is 5.52 Å². The van der Waals surface area contributed by atoms with Gasteiger partial charge in [-0.25, -0.2) is 9.67 Å². The maximum Gasteiger partial charge on any atom is 0.113 e. The van der Waals surface area contributed by atoms with Crippen LogP contribution in [0.1, 0.15) is 30.0 Å². The Morgan fingerprint density at radius 1 is 1.15 bits per heavy atom. The Kier molecular flexibility index (Phi) is 3.57. The number of fused-ring (bicyclic) bond motifs is 1. The molecule has 2 aromatic heterocycles. The average Bonchev–Trinajstić information content (AvgIpc) is 3.32. The summed E-state index contributed by atoms with van der Waals surface area (Å²) < 4.78 is 4.01. The van der Waals surface area contributed by atoms with Gasteiger partial charge in [-0.05, 0) is 36.6 Å². The summed E-state index contributed by atoms with van der Waals surface area (Å²) in [6.45, 7) is 0.737. The quantitative estimate of drug-likeness (QED) is 0.539. The molecule has 6 heteroatoms. The molecule has 0 N–H and O–H groups in total. The molecule has 26 heavy (non-hydrogen) atoms. The maximum atomic E-state index is 6.51. The van der Waals surface area contributed by atoms with E-state index in [1.807, 2.05) is 37.6 Å². The molecule has 5 rings (SSSR count). The van der Waals surface area contributed by atoms with Gasteiger partial charge in [0.05, 0.1) is 23.2 Å². The minimum Gasteiger partial charge on any atom is -0.326 e. The molecule has 0 bridgehead atoms. The second-order valence-electron chi connectivity index (χ2n) is 6.90. The Balaban J connectivity index is 1.60. The fourth-order valence-electron chi connectivity index (χ4n) is 3.49. The fourth-order valence-corrected chi connectivity index (χ4v) is 3.72. The van der Waals surface area contributed by atoms with Crippen molar-refractivity contribution in [1.82, 2.24) is 24.5 Å². The fraction of sp³-hybridized carbons (Fsp3) is 0.250. The Hall–Kier alpha value is -2.66. The van der Waals surface area contributed by atoms with Crippen LogP contribution in [-0.4, -0.2) is 24.5 Å². The molecule has 0 aliphatic heterocycles. The van der Waals surface area contributed by atoms with Crippen LogP contribution in [0.3, 0.4) is 0 Å². The molecule has 0 unspecified atom stereocenters. The van der Waals surface area contributed by atoms with E-state index < -0.39 is 0 Å². The van der Waals surface area contributed by atoms with Crippen molar-refractivity contribution in [2.24, 2.45) is 7.05 Å². The topological polar surface area (TPSA) is 48.5 Å². The van der Waals surface area contributed by atoms with Crippen LogP contribution in [0.5, 0.6) is 0 Å². The van der Waals surface area contributed by atoms with E-state index in [0.29, 0.717) is 5.92 Å². The number of aromatic nitrogens is 5. The number of nitrogens with zero attached hydrogens (tertiary/aromatic N) is 5. The molecule has 5 nitrogen and oxygen atoms in total. The summed E-state index contributed by atoms with van der Waals surface area (Å²) in [4.78, 5) is 4.74. The summed E-state index contributed by atoms with van der Waals surface area (Å²) in [5, 5.41) is 9.01. The lowest BCUT2D eigenvalue weighted by molar-refractivity contribution is 0.735. The van der Waals surface area contributed by atoms with Gasteiger partial charge in [0.25, 0.3) is 0 Å². The van der Waals surface area contributed by atoms with Gasteiger partial charge >= 0.3 is 0 Å². The molecule has 2 aromatic carbocycles. The van der Waals surface area contributed by atoms with E-state index in [9.17, 15) is 0 Å². The molecular weight excluding hydrogens is 346 g/mol. The van der Waals surface area contributed by atoms with Crippen LogP contribution in [0.4, 0.5) is 0 Å². The van der Waals surface area contributed by atoms with Crippen molar-refractivity contribution in [1.29, 1.82) is 0 Å². The van der Waals surface area contributed by atoms with E-state index in [0.717, 1.165) is 33.9 Å². The van der Waals surface area contributed by atoms with Gasteiger partial charge in [0.15, 0.2) is 0 Å². The highest BCUT2D eigenvalue weighted by atomic mass is 35.5. The average molecular weight is 364 g/mol. The van der Waals surface area contributed by atoms with Crippen molar-refractivity contribution in [2.45, 2.75) is 25.3 Å². The van der Waals surface area contributed by atoms with Crippen LogP contribution in [0, 0.1) is 0 Å². The molecule has 0 atom stereocenters. The minimum atomic E-state index is 0.561. The molecule has 130 valence electrons. The molecule has 2 heterocycles. The van der Waals surface area contributed by atoms with Crippen LogP contribution in [0.25, 0.3) is 22.3 Å². The van der Waals surface area contributed by atoms with E-state index in [4.69, 9.17) is 16.6 Å². The normalized spacial score (nSPS) is 14.2. The number of hydrogen-bond donors (Lipinski definition) is 0. The molecule has 0 saturated heterocycles. The highest BCUT2D eigenvalue weighted by Crippen LogP contribution is 2.44. The molecule has 1 aliphatic carbocycles. The first-order valence-corrected chi connectivity index (χ1v) is 9.17. The van der Waals surface area contributed by atoms with Gasteiger partial charge < -0.3 is 4.57 Å². The number of halogens is 1. The number of hydrogen-bond acceptors (Lipinski definition) is 3. The molecular formula is C20H18ClN5. The third-order valence-electron chi connectivity index (χ3n) is 4.99. The Labute approximate surface area is 156 Å². The van der Waals surface area contributed by atoms with E-state index in [-0.39, 0.29) is 0 Å². The van der Waals surface area contributed by atoms with Crippen molar-refractivity contribution in [2.75, 3.05) is 0 Å². The zero-order valence-electron chi connectivity index (χ0n) is 14.4. The van der Waals surface area contributed by atoms with Gasteiger partial charge in [-0.3, -0.25) is 0 Å². The lowest BCUT2D eigenvalue weighted by atomic mass is 10.1. The highest BCUT2D eigenvalue weighted by Gasteiger charge is 2.30. The SMILES string of the molecule is Cn1nnc2ccc(Cn3cnc(C4CC4)c3-c3ccccc3Cl)cc21. The standard InChI is InChI=1S/C20H18ClN5/c1-25-18-10-13(6-9-17(18)23-24-25)11-26-12-22-19(14-7-8-14)20(26)15-4-2-3-5-16(15)21/h2-6,9-10,12,14H,7-8,11H2,1H3. The summed E-state index contributed by atoms with van der Waals surface area (Å²) in [6, 6.07) is 14.3. The minimum absolute atomic E-state index is 0.561. The van der Waals surface area contributed by atoms with Gasteiger partial charge in [-0.1, -0.05) is 41.1 Å². The molecule has 1 fully saturated rings. The van der Waals surface area contributed by atoms with Gasteiger partial charge in [-0.2, -0.15) is 0 Å². The molecule has 0 amide bonds. The largest absolute Gasteiger partial charge is 0.326 e. The predicted molar refractivity (Wildman–Crippen MR) is 102 cm³/mol. The lowest BCUT2D eigenvalue weighted by Gasteiger charge is -2.12. The second kappa shape index (κ2) is 5.95. The van der Waals surface area contributed by atoms with Crippen molar-refractivity contribution in [3.8, 4) is 11.3 Å². The van der Waals surface area contributed by atoms with Crippen molar-refractivity contribution >= 4 is 22.6 Å². The summed E-state index contributed by atoms with van der Waals surface area (Å²) in [6.07, 6.45) is 4.36. The van der Waals surface area contributed by atoms with Crippen molar-refractivity contribution in [3.05, 3.63) is 65.1 Å². The maximum absolute atomic E-state index is 6.51. The molecule has 0 spiro atoms. The Bertz CT molecular complexity index is 1110. The predicted octanol–water partition coefficient (Wildman–Crippen LogP) is 4.41. The third kappa shape index (κ3) is 2.59. The second-order valence-corrected chi connectivity index (χ2v) is 7.30. The van der Waals surface area contributed by atoms with Crippen molar-refractivity contribution < 1.29 is 0 Å². The van der Waals surface area contributed by atoms with Crippen LogP contribution >= 0.6 is 11.6 Å². The van der Waals surface area contributed by atoms with E-state index in [1.165, 1.54) is 24.1 Å². The molecule has 4 aromatic rings. The summed E-state index contributed by atoms with van der Waals surface area (Å²) in [5.41, 5.74) is 6.49. The number of benzene rings is 2.